The first-order valence-corrected chi connectivity index (χ1v) is 12.5. The summed E-state index contributed by atoms with van der Waals surface area (Å²) in [5.41, 5.74) is 7.54. The van der Waals surface area contributed by atoms with Crippen LogP contribution in [-0.4, -0.2) is 32.6 Å². The number of carbonyl (C=O) groups excluding carboxylic acids is 1. The second kappa shape index (κ2) is 11.3. The zero-order valence-corrected chi connectivity index (χ0v) is 21.9. The van der Waals surface area contributed by atoms with Gasteiger partial charge in [0.1, 0.15) is 16.8 Å². The molecule has 0 aliphatic heterocycles. The van der Waals surface area contributed by atoms with Gasteiger partial charge < -0.3 is 10.1 Å². The number of nitrogens with one attached hydrogen (secondary N) is 2. The number of aryl methyl sites for hydroxylation is 3. The zero-order chi connectivity index (χ0) is 25.7. The van der Waals surface area contributed by atoms with E-state index in [9.17, 15) is 4.79 Å². The van der Waals surface area contributed by atoms with Gasteiger partial charge >= 0.3 is 0 Å². The van der Waals surface area contributed by atoms with Crippen LogP contribution in [0.25, 0.3) is 16.7 Å². The number of unbranched alkanes of at least 4 members (excludes halogenated alkanes) is 1. The summed E-state index contributed by atoms with van der Waals surface area (Å²) in [6, 6.07) is 17.9. The predicted molar refractivity (Wildman–Crippen MR) is 148 cm³/mol. The van der Waals surface area contributed by atoms with E-state index < -0.39 is 0 Å². The normalized spacial score (nSPS) is 10.9. The molecule has 0 aliphatic carbocycles. The number of hydrogen-bond acceptors (Lipinski definition) is 5. The van der Waals surface area contributed by atoms with Crippen molar-refractivity contribution in [2.45, 2.75) is 47.0 Å². The summed E-state index contributed by atoms with van der Waals surface area (Å²) in [5, 5.41) is 15.2. The molecule has 0 unspecified atom stereocenters. The number of nitrogens with zero attached hydrogens (tertiary/aromatic N) is 3. The molecule has 1 amide bonds. The quantitative estimate of drug-likeness (QED) is 0.307. The fraction of sp³-hybridized carbons (Fsp3) is 0.286. The second-order valence-corrected chi connectivity index (χ2v) is 9.31. The van der Waals surface area contributed by atoms with Gasteiger partial charge in [0.05, 0.1) is 5.69 Å². The number of ether oxygens (including phenoxy) is 1. The number of benzene rings is 3. The Morgan fingerprint density at radius 3 is 2.44 bits per heavy atom. The molecule has 8 heteroatoms. The molecule has 4 rings (SSSR count). The van der Waals surface area contributed by atoms with E-state index in [1.54, 1.807) is 4.80 Å². The Morgan fingerprint density at radius 1 is 1.00 bits per heavy atom. The van der Waals surface area contributed by atoms with E-state index in [1.165, 1.54) is 18.4 Å². The van der Waals surface area contributed by atoms with Gasteiger partial charge in [-0.1, -0.05) is 37.6 Å². The largest absolute Gasteiger partial charge is 0.483 e. The first kappa shape index (κ1) is 25.3. The Kier molecular flexibility index (Phi) is 7.95. The predicted octanol–water partition coefficient (Wildman–Crippen LogP) is 5.58. The van der Waals surface area contributed by atoms with Gasteiger partial charge in [-0.2, -0.15) is 4.80 Å². The second-order valence-electron chi connectivity index (χ2n) is 8.90. The summed E-state index contributed by atoms with van der Waals surface area (Å²) in [6.07, 6.45) is 3.44. The fourth-order valence-corrected chi connectivity index (χ4v) is 4.06. The minimum absolute atomic E-state index is 0.129. The van der Waals surface area contributed by atoms with Crippen molar-refractivity contribution < 1.29 is 9.53 Å². The first-order valence-electron chi connectivity index (χ1n) is 12.1. The third kappa shape index (κ3) is 6.07. The minimum atomic E-state index is -0.333. The average Bonchev–Trinajstić information content (AvgIpc) is 3.26. The SMILES string of the molecule is CCCCc1ccc(-n2nc3cc(C)c(NC(=S)NC(=O)COc4cccc(C)c4C)cc3n2)cc1. The maximum absolute atomic E-state index is 12.4. The van der Waals surface area contributed by atoms with E-state index in [0.29, 0.717) is 5.75 Å². The minimum Gasteiger partial charge on any atom is -0.483 e. The topological polar surface area (TPSA) is 81.1 Å². The lowest BCUT2D eigenvalue weighted by Gasteiger charge is -2.13. The third-order valence-corrected chi connectivity index (χ3v) is 6.33. The van der Waals surface area contributed by atoms with E-state index in [4.69, 9.17) is 17.0 Å². The Hall–Kier alpha value is -3.78. The van der Waals surface area contributed by atoms with E-state index in [2.05, 4.69) is 39.9 Å². The Labute approximate surface area is 216 Å². The number of hydrogen-bond donors (Lipinski definition) is 2. The highest BCUT2D eigenvalue weighted by atomic mass is 32.1. The molecule has 4 aromatic rings. The molecule has 36 heavy (non-hydrogen) atoms. The van der Waals surface area contributed by atoms with Crippen LogP contribution in [0.1, 0.15) is 42.0 Å². The van der Waals surface area contributed by atoms with Crippen LogP contribution in [-0.2, 0) is 11.2 Å². The van der Waals surface area contributed by atoms with Gasteiger partial charge in [-0.15, -0.1) is 10.2 Å². The maximum atomic E-state index is 12.4. The number of thiocarbonyl (C=S) groups is 1. The third-order valence-electron chi connectivity index (χ3n) is 6.13. The molecule has 186 valence electrons. The molecule has 0 saturated carbocycles. The summed E-state index contributed by atoms with van der Waals surface area (Å²) in [4.78, 5) is 14.0. The molecule has 0 aliphatic rings. The van der Waals surface area contributed by atoms with E-state index in [-0.39, 0.29) is 17.6 Å². The molecule has 0 saturated heterocycles. The molecule has 3 aromatic carbocycles. The van der Waals surface area contributed by atoms with Gasteiger partial charge in [0, 0.05) is 5.69 Å². The molecule has 2 N–H and O–H groups in total. The highest BCUT2D eigenvalue weighted by Gasteiger charge is 2.12. The van der Waals surface area contributed by atoms with Crippen molar-refractivity contribution in [2.24, 2.45) is 0 Å². The summed E-state index contributed by atoms with van der Waals surface area (Å²) >= 11 is 5.36. The molecule has 0 radical (unpaired) electrons. The van der Waals surface area contributed by atoms with Crippen molar-refractivity contribution >= 4 is 40.0 Å². The van der Waals surface area contributed by atoms with E-state index >= 15 is 0 Å². The number of carbonyl (C=O) groups is 1. The molecule has 0 bridgehead atoms. The summed E-state index contributed by atoms with van der Waals surface area (Å²) in [6.45, 7) is 7.99. The molecule has 0 fully saturated rings. The molecular formula is C28H31N5O2S. The average molecular weight is 502 g/mol. The summed E-state index contributed by atoms with van der Waals surface area (Å²) < 4.78 is 5.66. The van der Waals surface area contributed by atoms with Gasteiger partial charge in [-0.3, -0.25) is 10.1 Å². The lowest BCUT2D eigenvalue weighted by atomic mass is 10.1. The monoisotopic (exact) mass is 501 g/mol. The van der Waals surface area contributed by atoms with Crippen LogP contribution in [0, 0.1) is 20.8 Å². The zero-order valence-electron chi connectivity index (χ0n) is 21.1. The summed E-state index contributed by atoms with van der Waals surface area (Å²) in [7, 11) is 0. The van der Waals surface area contributed by atoms with Gasteiger partial charge in [0.2, 0.25) is 0 Å². The van der Waals surface area contributed by atoms with Crippen molar-refractivity contribution in [2.75, 3.05) is 11.9 Å². The smallest absolute Gasteiger partial charge is 0.264 e. The van der Waals surface area contributed by atoms with E-state index in [0.717, 1.165) is 45.5 Å². The van der Waals surface area contributed by atoms with Crippen LogP contribution in [0.4, 0.5) is 5.69 Å². The standard InChI is InChI=1S/C28H31N5O2S/c1-5-6-9-21-11-13-22(14-12-21)33-31-24-15-19(3)23(16-25(24)32-33)29-28(36)30-27(34)17-35-26-10-7-8-18(2)20(26)4/h7-8,10-16H,5-6,9,17H2,1-4H3,(H2,29,30,34,36). The highest BCUT2D eigenvalue weighted by Crippen LogP contribution is 2.23. The lowest BCUT2D eigenvalue weighted by molar-refractivity contribution is -0.121. The van der Waals surface area contributed by atoms with Crippen molar-refractivity contribution in [1.82, 2.24) is 20.3 Å². The van der Waals surface area contributed by atoms with Gasteiger partial charge in [0.15, 0.2) is 11.7 Å². The van der Waals surface area contributed by atoms with Crippen LogP contribution in [0.15, 0.2) is 54.6 Å². The number of amides is 1. The molecule has 0 atom stereocenters. The molecule has 0 spiro atoms. The van der Waals surface area contributed by atoms with Gasteiger partial charge in [0.25, 0.3) is 5.91 Å². The lowest BCUT2D eigenvalue weighted by Crippen LogP contribution is -2.37. The molecular weight excluding hydrogens is 470 g/mol. The first-order chi connectivity index (χ1) is 17.3. The maximum Gasteiger partial charge on any atom is 0.264 e. The van der Waals surface area contributed by atoms with E-state index in [1.807, 2.05) is 63.2 Å². The Morgan fingerprint density at radius 2 is 1.72 bits per heavy atom. The van der Waals surface area contributed by atoms with Crippen molar-refractivity contribution in [3.05, 3.63) is 76.9 Å². The van der Waals surface area contributed by atoms with Crippen LogP contribution < -0.4 is 15.4 Å². The summed E-state index contributed by atoms with van der Waals surface area (Å²) in [5.74, 6) is 0.351. The van der Waals surface area contributed by atoms with Crippen molar-refractivity contribution in [3.8, 4) is 11.4 Å². The van der Waals surface area contributed by atoms with Crippen molar-refractivity contribution in [3.63, 3.8) is 0 Å². The van der Waals surface area contributed by atoms with Crippen LogP contribution in [0.3, 0.4) is 0 Å². The molecule has 7 nitrogen and oxygen atoms in total. The number of fused-ring (bicyclic) bond motifs is 1. The van der Waals surface area contributed by atoms with Crippen LogP contribution in [0.2, 0.25) is 0 Å². The number of aromatic nitrogens is 3. The number of rotatable bonds is 8. The number of anilines is 1. The Bertz CT molecular complexity index is 1400. The molecule has 1 aromatic heterocycles. The fourth-order valence-electron chi connectivity index (χ4n) is 3.84. The Balaban J connectivity index is 1.39. The van der Waals surface area contributed by atoms with Crippen molar-refractivity contribution in [1.29, 1.82) is 0 Å². The highest BCUT2D eigenvalue weighted by molar-refractivity contribution is 7.80. The van der Waals surface area contributed by atoms with Gasteiger partial charge in [-0.05, 0) is 98.4 Å². The van der Waals surface area contributed by atoms with Crippen LogP contribution in [0.5, 0.6) is 5.75 Å². The molecule has 1 heterocycles. The van der Waals surface area contributed by atoms with Crippen LogP contribution >= 0.6 is 12.2 Å². The van der Waals surface area contributed by atoms with Gasteiger partial charge in [-0.25, -0.2) is 0 Å².